The van der Waals surface area contributed by atoms with E-state index < -0.39 is 0 Å². The molecule has 0 N–H and O–H groups in total. The molecule has 3 aromatic rings. The molecule has 0 amide bonds. The van der Waals surface area contributed by atoms with Crippen LogP contribution in [0.5, 0.6) is 0 Å². The van der Waals surface area contributed by atoms with Gasteiger partial charge >= 0.3 is 5.97 Å². The van der Waals surface area contributed by atoms with E-state index in [1.54, 1.807) is 12.1 Å². The van der Waals surface area contributed by atoms with Gasteiger partial charge in [0.15, 0.2) is 5.78 Å². The number of ether oxygens (including phenoxy) is 1. The molecule has 4 rings (SSSR count). The minimum absolute atomic E-state index is 0.236. The van der Waals surface area contributed by atoms with Crippen LogP contribution < -0.4 is 0 Å². The average molecular weight is 361 g/mol. The molecular weight excluding hydrogens is 338 g/mol. The second-order valence-electron chi connectivity index (χ2n) is 7.83. The lowest BCUT2D eigenvalue weighted by molar-refractivity contribution is 0.0600. The Morgan fingerprint density at radius 3 is 2.52 bits per heavy atom. The fourth-order valence-corrected chi connectivity index (χ4v) is 3.98. The lowest BCUT2D eigenvalue weighted by Crippen LogP contribution is -2.30. The van der Waals surface area contributed by atoms with Crippen LogP contribution in [0, 0.1) is 5.41 Å². The van der Waals surface area contributed by atoms with Gasteiger partial charge in [0.2, 0.25) is 0 Å². The Morgan fingerprint density at radius 2 is 1.81 bits per heavy atom. The second kappa shape index (κ2) is 6.38. The SMILES string of the molecule is COC(=O)c1ccc(Cn2c3c(c4ccccc42)C(=O)C(C)(C)CC3)cc1. The van der Waals surface area contributed by atoms with Crippen LogP contribution in [0.1, 0.15) is 52.2 Å². The van der Waals surface area contributed by atoms with E-state index in [0.29, 0.717) is 12.1 Å². The van der Waals surface area contributed by atoms with Gasteiger partial charge < -0.3 is 9.30 Å². The van der Waals surface area contributed by atoms with Crippen LogP contribution >= 0.6 is 0 Å². The summed E-state index contributed by atoms with van der Waals surface area (Å²) in [6.45, 7) is 4.75. The highest BCUT2D eigenvalue weighted by atomic mass is 16.5. The van der Waals surface area contributed by atoms with Gasteiger partial charge in [0.25, 0.3) is 0 Å². The number of hydrogen-bond acceptors (Lipinski definition) is 3. The van der Waals surface area contributed by atoms with Gasteiger partial charge in [0, 0.05) is 34.1 Å². The van der Waals surface area contributed by atoms with Crippen molar-refractivity contribution in [2.24, 2.45) is 5.41 Å². The predicted molar refractivity (Wildman–Crippen MR) is 105 cm³/mol. The second-order valence-corrected chi connectivity index (χ2v) is 7.83. The van der Waals surface area contributed by atoms with Gasteiger partial charge in [-0.05, 0) is 36.6 Å². The molecule has 1 aliphatic rings. The number of hydrogen-bond donors (Lipinski definition) is 0. The average Bonchev–Trinajstić information content (AvgIpc) is 2.99. The summed E-state index contributed by atoms with van der Waals surface area (Å²) in [4.78, 5) is 24.7. The smallest absolute Gasteiger partial charge is 0.337 e. The molecule has 0 atom stereocenters. The molecule has 0 saturated carbocycles. The topological polar surface area (TPSA) is 48.3 Å². The first-order chi connectivity index (χ1) is 12.9. The number of esters is 1. The zero-order chi connectivity index (χ0) is 19.2. The van der Waals surface area contributed by atoms with Crippen molar-refractivity contribution >= 4 is 22.7 Å². The van der Waals surface area contributed by atoms with Crippen molar-refractivity contribution in [3.63, 3.8) is 0 Å². The van der Waals surface area contributed by atoms with E-state index >= 15 is 0 Å². The minimum Gasteiger partial charge on any atom is -0.465 e. The van der Waals surface area contributed by atoms with Crippen LogP contribution in [0.2, 0.25) is 0 Å². The lowest BCUT2D eigenvalue weighted by Gasteiger charge is -2.29. The number of ketones is 1. The fraction of sp³-hybridized carbons (Fsp3) is 0.304. The third-order valence-corrected chi connectivity index (χ3v) is 5.62. The van der Waals surface area contributed by atoms with Crippen molar-refractivity contribution in [3.8, 4) is 0 Å². The summed E-state index contributed by atoms with van der Waals surface area (Å²) in [5.74, 6) is -0.0992. The summed E-state index contributed by atoms with van der Waals surface area (Å²) >= 11 is 0. The van der Waals surface area contributed by atoms with Crippen LogP contribution in [0.15, 0.2) is 48.5 Å². The third-order valence-electron chi connectivity index (χ3n) is 5.62. The summed E-state index contributed by atoms with van der Waals surface area (Å²) < 4.78 is 7.02. The van der Waals surface area contributed by atoms with E-state index in [2.05, 4.69) is 10.6 Å². The van der Waals surface area contributed by atoms with Gasteiger partial charge in [0.1, 0.15) is 0 Å². The van der Waals surface area contributed by atoms with Crippen molar-refractivity contribution in [1.82, 2.24) is 4.57 Å². The van der Waals surface area contributed by atoms with Crippen molar-refractivity contribution < 1.29 is 14.3 Å². The summed E-state index contributed by atoms with van der Waals surface area (Å²) in [7, 11) is 1.38. The number of para-hydroxylation sites is 1. The molecule has 0 fully saturated rings. The van der Waals surface area contributed by atoms with Crippen molar-refractivity contribution in [3.05, 3.63) is 70.9 Å². The van der Waals surface area contributed by atoms with Gasteiger partial charge in [-0.25, -0.2) is 4.79 Å². The van der Waals surface area contributed by atoms with Crippen LogP contribution in [-0.2, 0) is 17.7 Å². The number of nitrogens with zero attached hydrogens (tertiary/aromatic N) is 1. The van der Waals surface area contributed by atoms with E-state index in [4.69, 9.17) is 4.74 Å². The molecule has 1 aliphatic carbocycles. The maximum Gasteiger partial charge on any atom is 0.337 e. The number of Topliss-reactive ketones (excluding diaryl/α,β-unsaturated/α-hetero) is 1. The summed E-state index contributed by atoms with van der Waals surface area (Å²) in [6.07, 6.45) is 1.75. The Kier molecular flexibility index (Phi) is 4.14. The maximum atomic E-state index is 13.1. The van der Waals surface area contributed by atoms with Gasteiger partial charge in [0.05, 0.1) is 12.7 Å². The number of aromatic nitrogens is 1. The first-order valence-corrected chi connectivity index (χ1v) is 9.24. The molecule has 0 unspecified atom stereocenters. The number of fused-ring (bicyclic) bond motifs is 3. The van der Waals surface area contributed by atoms with Gasteiger partial charge in [-0.1, -0.05) is 44.2 Å². The molecule has 4 heteroatoms. The quantitative estimate of drug-likeness (QED) is 0.639. The molecule has 0 spiro atoms. The largest absolute Gasteiger partial charge is 0.465 e. The monoisotopic (exact) mass is 361 g/mol. The first-order valence-electron chi connectivity index (χ1n) is 9.24. The van der Waals surface area contributed by atoms with Crippen molar-refractivity contribution in [2.75, 3.05) is 7.11 Å². The van der Waals surface area contributed by atoms with Crippen LogP contribution in [-0.4, -0.2) is 23.4 Å². The van der Waals surface area contributed by atoms with E-state index in [1.807, 2.05) is 44.2 Å². The number of benzene rings is 2. The number of carbonyl (C=O) groups is 2. The van der Waals surface area contributed by atoms with Crippen LogP contribution in [0.25, 0.3) is 10.9 Å². The Labute approximate surface area is 158 Å². The van der Waals surface area contributed by atoms with Gasteiger partial charge in [-0.15, -0.1) is 0 Å². The first kappa shape index (κ1) is 17.5. The molecule has 2 aromatic carbocycles. The highest BCUT2D eigenvalue weighted by molar-refractivity contribution is 6.12. The van der Waals surface area contributed by atoms with E-state index in [-0.39, 0.29) is 17.2 Å². The number of rotatable bonds is 3. The van der Waals surface area contributed by atoms with E-state index in [1.165, 1.54) is 7.11 Å². The summed E-state index contributed by atoms with van der Waals surface area (Å²) in [5.41, 5.74) is 4.40. The van der Waals surface area contributed by atoms with Crippen molar-refractivity contribution in [2.45, 2.75) is 33.2 Å². The molecule has 0 aliphatic heterocycles. The normalized spacial score (nSPS) is 15.6. The standard InChI is InChI=1S/C23H23NO3/c1-23(2)13-12-19-20(21(23)25)17-6-4-5-7-18(17)24(19)14-15-8-10-16(11-9-15)22(26)27-3/h4-11H,12-14H2,1-3H3. The molecule has 4 nitrogen and oxygen atoms in total. The van der Waals surface area contributed by atoms with Crippen LogP contribution in [0.4, 0.5) is 0 Å². The van der Waals surface area contributed by atoms with Gasteiger partial charge in [-0.3, -0.25) is 4.79 Å². The molecule has 0 bridgehead atoms. The molecule has 1 aromatic heterocycles. The molecule has 1 heterocycles. The zero-order valence-corrected chi connectivity index (χ0v) is 15.9. The summed E-state index contributed by atoms with van der Waals surface area (Å²) in [5, 5.41) is 1.04. The van der Waals surface area contributed by atoms with E-state index in [0.717, 1.165) is 40.6 Å². The highest BCUT2D eigenvalue weighted by Crippen LogP contribution is 2.40. The van der Waals surface area contributed by atoms with Gasteiger partial charge in [-0.2, -0.15) is 0 Å². The summed E-state index contributed by atoms with van der Waals surface area (Å²) in [6, 6.07) is 15.6. The highest BCUT2D eigenvalue weighted by Gasteiger charge is 2.37. The fourth-order valence-electron chi connectivity index (χ4n) is 3.98. The minimum atomic E-state index is -0.335. The Balaban J connectivity index is 1.79. The Hall–Kier alpha value is -2.88. The van der Waals surface area contributed by atoms with E-state index in [9.17, 15) is 9.59 Å². The molecule has 0 radical (unpaired) electrons. The molecule has 138 valence electrons. The predicted octanol–water partition coefficient (Wildman–Crippen LogP) is 4.63. The lowest BCUT2D eigenvalue weighted by atomic mass is 9.74. The number of carbonyl (C=O) groups excluding carboxylic acids is 2. The Bertz CT molecular complexity index is 1040. The maximum absolute atomic E-state index is 13.1. The molecule has 0 saturated heterocycles. The zero-order valence-electron chi connectivity index (χ0n) is 15.9. The van der Waals surface area contributed by atoms with Crippen molar-refractivity contribution in [1.29, 1.82) is 0 Å². The third kappa shape index (κ3) is 2.85. The molecule has 27 heavy (non-hydrogen) atoms. The Morgan fingerprint density at radius 1 is 1.11 bits per heavy atom. The molecular formula is C23H23NO3. The van der Waals surface area contributed by atoms with Crippen LogP contribution in [0.3, 0.4) is 0 Å². The number of methoxy groups -OCH3 is 1.